The first-order chi connectivity index (χ1) is 12.0. The molecular weight excluding hydrogens is 318 g/mol. The fraction of sp³-hybridized carbons (Fsp3) is 0.632. The van der Waals surface area contributed by atoms with E-state index in [2.05, 4.69) is 10.3 Å². The smallest absolute Gasteiger partial charge is 0.225 e. The highest BCUT2D eigenvalue weighted by atomic mass is 16.5. The molecule has 6 nitrogen and oxygen atoms in total. The number of rotatable bonds is 7. The zero-order valence-corrected chi connectivity index (χ0v) is 15.0. The van der Waals surface area contributed by atoms with E-state index in [0.29, 0.717) is 31.3 Å². The third-order valence-corrected chi connectivity index (χ3v) is 4.56. The number of nitrogens with zero attached hydrogens (tertiary/aromatic N) is 2. The topological polar surface area (TPSA) is 71.5 Å². The number of ether oxygens (including phenoxy) is 1. The third kappa shape index (κ3) is 5.18. The minimum absolute atomic E-state index is 0.0210. The molecule has 1 aliphatic heterocycles. The van der Waals surface area contributed by atoms with Gasteiger partial charge in [-0.05, 0) is 51.2 Å². The Balaban J connectivity index is 1.63. The van der Waals surface area contributed by atoms with Crippen LogP contribution in [0.5, 0.6) is 5.88 Å². The Labute approximate surface area is 148 Å². The van der Waals surface area contributed by atoms with Crippen molar-refractivity contribution in [1.82, 2.24) is 15.2 Å². The van der Waals surface area contributed by atoms with E-state index in [0.717, 1.165) is 31.2 Å². The lowest BCUT2D eigenvalue weighted by molar-refractivity contribution is -0.133. The van der Waals surface area contributed by atoms with Crippen LogP contribution in [0.1, 0.15) is 57.9 Å². The quantitative estimate of drug-likeness (QED) is 0.824. The van der Waals surface area contributed by atoms with Crippen LogP contribution in [0, 0.1) is 0 Å². The molecular formula is C19H27N3O3. The number of pyridine rings is 1. The molecule has 2 amide bonds. The lowest BCUT2D eigenvalue weighted by Crippen LogP contribution is -2.43. The molecule has 1 saturated carbocycles. The first kappa shape index (κ1) is 17.7. The maximum atomic E-state index is 12.8. The van der Waals surface area contributed by atoms with Gasteiger partial charge in [0, 0.05) is 43.7 Å². The summed E-state index contributed by atoms with van der Waals surface area (Å²) >= 11 is 0. The zero-order valence-electron chi connectivity index (χ0n) is 15.0. The van der Waals surface area contributed by atoms with E-state index in [1.165, 1.54) is 0 Å². The van der Waals surface area contributed by atoms with Gasteiger partial charge in [-0.1, -0.05) is 0 Å². The first-order valence-electron chi connectivity index (χ1n) is 9.21. The average molecular weight is 345 g/mol. The minimum atomic E-state index is -0.0210. The Morgan fingerprint density at radius 2 is 2.20 bits per heavy atom. The molecule has 1 aliphatic carbocycles. The Kier molecular flexibility index (Phi) is 5.56. The van der Waals surface area contributed by atoms with Gasteiger partial charge in [-0.25, -0.2) is 4.98 Å². The summed E-state index contributed by atoms with van der Waals surface area (Å²) in [6.45, 7) is 4.50. The maximum absolute atomic E-state index is 12.8. The van der Waals surface area contributed by atoms with Crippen LogP contribution < -0.4 is 10.1 Å². The van der Waals surface area contributed by atoms with Crippen LogP contribution in [0.15, 0.2) is 18.3 Å². The fourth-order valence-electron chi connectivity index (χ4n) is 3.22. The molecule has 0 radical (unpaired) electrons. The van der Waals surface area contributed by atoms with Crippen molar-refractivity contribution in [2.45, 2.75) is 77.1 Å². The summed E-state index contributed by atoms with van der Waals surface area (Å²) in [4.78, 5) is 30.5. The van der Waals surface area contributed by atoms with Gasteiger partial charge in [0.2, 0.25) is 17.7 Å². The first-order valence-corrected chi connectivity index (χ1v) is 9.21. The number of nitrogens with one attached hydrogen (secondary N) is 1. The Hall–Kier alpha value is -2.11. The standard InChI is InChI=1S/C19H27N3O3/c1-13(2)25-18-10-14(8-9-20-18)12-22(16-6-7-16)19(24)11-15-4-3-5-17(23)21-15/h8-10,13,15-16H,3-7,11-12H2,1-2H3,(H,21,23). The molecule has 136 valence electrons. The highest BCUT2D eigenvalue weighted by Crippen LogP contribution is 2.30. The molecule has 0 spiro atoms. The lowest BCUT2D eigenvalue weighted by Gasteiger charge is -2.28. The second-order valence-electron chi connectivity index (χ2n) is 7.28. The molecule has 3 rings (SSSR count). The van der Waals surface area contributed by atoms with Crippen molar-refractivity contribution in [1.29, 1.82) is 0 Å². The second kappa shape index (κ2) is 7.85. The molecule has 1 atom stereocenters. The second-order valence-corrected chi connectivity index (χ2v) is 7.28. The van der Waals surface area contributed by atoms with Crippen molar-refractivity contribution in [3.63, 3.8) is 0 Å². The zero-order chi connectivity index (χ0) is 17.8. The van der Waals surface area contributed by atoms with Crippen LogP contribution in [0.2, 0.25) is 0 Å². The van der Waals surface area contributed by atoms with Crippen LogP contribution in [-0.2, 0) is 16.1 Å². The molecule has 1 saturated heterocycles. The van der Waals surface area contributed by atoms with Gasteiger partial charge in [-0.15, -0.1) is 0 Å². The van der Waals surface area contributed by atoms with Crippen molar-refractivity contribution < 1.29 is 14.3 Å². The van der Waals surface area contributed by atoms with Crippen molar-refractivity contribution in [2.24, 2.45) is 0 Å². The predicted octanol–water partition coefficient (Wildman–Crippen LogP) is 2.42. The SMILES string of the molecule is CC(C)Oc1cc(CN(C(=O)CC2CCCC(=O)N2)C2CC2)ccn1. The van der Waals surface area contributed by atoms with Crippen molar-refractivity contribution in [3.05, 3.63) is 23.9 Å². The van der Waals surface area contributed by atoms with Gasteiger partial charge in [0.25, 0.3) is 0 Å². The third-order valence-electron chi connectivity index (χ3n) is 4.56. The lowest BCUT2D eigenvalue weighted by atomic mass is 10.0. The molecule has 0 aromatic carbocycles. The van der Waals surface area contributed by atoms with Crippen molar-refractivity contribution in [2.75, 3.05) is 0 Å². The van der Waals surface area contributed by atoms with Crippen LogP contribution in [0.25, 0.3) is 0 Å². The van der Waals surface area contributed by atoms with Gasteiger partial charge >= 0.3 is 0 Å². The van der Waals surface area contributed by atoms with Crippen molar-refractivity contribution >= 4 is 11.8 Å². The number of hydrogen-bond donors (Lipinski definition) is 1. The normalized spacial score (nSPS) is 20.3. The molecule has 1 N–H and O–H groups in total. The molecule has 6 heteroatoms. The summed E-state index contributed by atoms with van der Waals surface area (Å²) in [7, 11) is 0. The molecule has 2 fully saturated rings. The van der Waals surface area contributed by atoms with E-state index in [1.807, 2.05) is 30.9 Å². The molecule has 2 heterocycles. The molecule has 0 bridgehead atoms. The predicted molar refractivity (Wildman–Crippen MR) is 94.0 cm³/mol. The largest absolute Gasteiger partial charge is 0.475 e. The number of aromatic nitrogens is 1. The number of amides is 2. The summed E-state index contributed by atoms with van der Waals surface area (Å²) in [6, 6.07) is 4.14. The van der Waals surface area contributed by atoms with Gasteiger partial charge in [-0.2, -0.15) is 0 Å². The highest BCUT2D eigenvalue weighted by Gasteiger charge is 2.34. The van der Waals surface area contributed by atoms with Gasteiger partial charge in [0.1, 0.15) is 0 Å². The van der Waals surface area contributed by atoms with E-state index in [-0.39, 0.29) is 24.0 Å². The molecule has 1 aromatic heterocycles. The Bertz CT molecular complexity index is 628. The fourth-order valence-corrected chi connectivity index (χ4v) is 3.22. The van der Waals surface area contributed by atoms with Gasteiger partial charge in [0.05, 0.1) is 6.10 Å². The number of piperidine rings is 1. The average Bonchev–Trinajstić information content (AvgIpc) is 3.37. The summed E-state index contributed by atoms with van der Waals surface area (Å²) < 4.78 is 5.64. The molecule has 25 heavy (non-hydrogen) atoms. The number of carbonyl (C=O) groups excluding carboxylic acids is 2. The molecule has 1 aromatic rings. The van der Waals surface area contributed by atoms with Crippen LogP contribution in [0.4, 0.5) is 0 Å². The highest BCUT2D eigenvalue weighted by molar-refractivity contribution is 5.80. The van der Waals surface area contributed by atoms with Crippen LogP contribution in [-0.4, -0.2) is 39.9 Å². The Morgan fingerprint density at radius 1 is 1.40 bits per heavy atom. The summed E-state index contributed by atoms with van der Waals surface area (Å²) in [5.41, 5.74) is 1.03. The monoisotopic (exact) mass is 345 g/mol. The molecule has 2 aliphatic rings. The van der Waals surface area contributed by atoms with Gasteiger partial charge in [-0.3, -0.25) is 9.59 Å². The van der Waals surface area contributed by atoms with E-state index in [4.69, 9.17) is 4.74 Å². The summed E-state index contributed by atoms with van der Waals surface area (Å²) in [6.07, 6.45) is 6.63. The Morgan fingerprint density at radius 3 is 2.88 bits per heavy atom. The summed E-state index contributed by atoms with van der Waals surface area (Å²) in [5, 5.41) is 2.94. The minimum Gasteiger partial charge on any atom is -0.475 e. The number of carbonyl (C=O) groups is 2. The van der Waals surface area contributed by atoms with Crippen LogP contribution >= 0.6 is 0 Å². The van der Waals surface area contributed by atoms with E-state index in [1.54, 1.807) is 6.20 Å². The molecule has 1 unspecified atom stereocenters. The van der Waals surface area contributed by atoms with E-state index >= 15 is 0 Å². The maximum Gasteiger partial charge on any atom is 0.225 e. The van der Waals surface area contributed by atoms with Crippen molar-refractivity contribution in [3.8, 4) is 5.88 Å². The van der Waals surface area contributed by atoms with E-state index < -0.39 is 0 Å². The number of hydrogen-bond acceptors (Lipinski definition) is 4. The van der Waals surface area contributed by atoms with Gasteiger partial charge < -0.3 is 15.0 Å². The van der Waals surface area contributed by atoms with Gasteiger partial charge in [0.15, 0.2) is 0 Å². The van der Waals surface area contributed by atoms with E-state index in [9.17, 15) is 9.59 Å². The summed E-state index contributed by atoms with van der Waals surface area (Å²) in [5.74, 6) is 0.778. The van der Waals surface area contributed by atoms with Crippen LogP contribution in [0.3, 0.4) is 0 Å².